The van der Waals surface area contributed by atoms with E-state index < -0.39 is 6.04 Å². The summed E-state index contributed by atoms with van der Waals surface area (Å²) in [6.45, 7) is 6.26. The molecule has 1 aliphatic rings. The lowest BCUT2D eigenvalue weighted by molar-refractivity contribution is -0.145. The van der Waals surface area contributed by atoms with Gasteiger partial charge in [0.05, 0.1) is 6.61 Å². The SMILES string of the molecule is CCCC[C@H](NC(=O)c1ccc(CCCCC2CCCCC2)cc1-c1ccccc1C)C(=O)OCC. The van der Waals surface area contributed by atoms with Gasteiger partial charge in [-0.1, -0.05) is 101 Å². The van der Waals surface area contributed by atoms with Crippen molar-refractivity contribution in [3.8, 4) is 11.1 Å². The van der Waals surface area contributed by atoms with E-state index in [1.165, 1.54) is 56.9 Å². The van der Waals surface area contributed by atoms with Gasteiger partial charge in [0, 0.05) is 5.56 Å². The molecule has 0 unspecified atom stereocenters. The van der Waals surface area contributed by atoms with Crippen LogP contribution in [-0.2, 0) is 16.0 Å². The highest BCUT2D eigenvalue weighted by Crippen LogP contribution is 2.30. The van der Waals surface area contributed by atoms with E-state index in [0.717, 1.165) is 41.9 Å². The van der Waals surface area contributed by atoms with E-state index in [2.05, 4.69) is 43.4 Å². The molecule has 2 aromatic rings. The fraction of sp³-hybridized carbons (Fsp3) is 0.562. The summed E-state index contributed by atoms with van der Waals surface area (Å²) in [7, 11) is 0. The van der Waals surface area contributed by atoms with E-state index in [4.69, 9.17) is 4.74 Å². The molecule has 4 nitrogen and oxygen atoms in total. The van der Waals surface area contributed by atoms with Crippen LogP contribution in [0.2, 0.25) is 0 Å². The van der Waals surface area contributed by atoms with E-state index in [1.807, 2.05) is 18.2 Å². The molecule has 36 heavy (non-hydrogen) atoms. The number of hydrogen-bond acceptors (Lipinski definition) is 3. The van der Waals surface area contributed by atoms with Crippen LogP contribution in [0.15, 0.2) is 42.5 Å². The minimum absolute atomic E-state index is 0.216. The molecule has 0 aromatic heterocycles. The van der Waals surface area contributed by atoms with Crippen molar-refractivity contribution in [2.45, 2.75) is 104 Å². The monoisotopic (exact) mass is 491 g/mol. The van der Waals surface area contributed by atoms with Crippen LogP contribution in [0.1, 0.15) is 106 Å². The normalized spacial score (nSPS) is 14.9. The van der Waals surface area contributed by atoms with Crippen molar-refractivity contribution < 1.29 is 14.3 Å². The Labute approximate surface area is 218 Å². The molecule has 0 heterocycles. The summed E-state index contributed by atoms with van der Waals surface area (Å²) in [6.07, 6.45) is 14.3. The second-order valence-electron chi connectivity index (χ2n) is 10.4. The predicted octanol–water partition coefficient (Wildman–Crippen LogP) is 7.81. The maximum Gasteiger partial charge on any atom is 0.328 e. The third-order valence-electron chi connectivity index (χ3n) is 7.54. The van der Waals surface area contributed by atoms with Crippen molar-refractivity contribution in [1.29, 1.82) is 0 Å². The van der Waals surface area contributed by atoms with Crippen LogP contribution >= 0.6 is 0 Å². The molecule has 4 heteroatoms. The first-order valence-electron chi connectivity index (χ1n) is 14.2. The van der Waals surface area contributed by atoms with Gasteiger partial charge in [-0.25, -0.2) is 4.79 Å². The zero-order valence-electron chi connectivity index (χ0n) is 22.6. The van der Waals surface area contributed by atoms with Gasteiger partial charge in [-0.3, -0.25) is 4.79 Å². The summed E-state index contributed by atoms with van der Waals surface area (Å²) in [5.41, 5.74) is 5.01. The number of carbonyl (C=O) groups is 2. The second kappa shape index (κ2) is 14.8. The summed E-state index contributed by atoms with van der Waals surface area (Å²) >= 11 is 0. The number of ether oxygens (including phenoxy) is 1. The molecule has 1 saturated carbocycles. The van der Waals surface area contributed by atoms with E-state index >= 15 is 0 Å². The smallest absolute Gasteiger partial charge is 0.328 e. The molecular formula is C32H45NO3. The van der Waals surface area contributed by atoms with Crippen LogP contribution in [0, 0.1) is 12.8 Å². The number of amides is 1. The maximum atomic E-state index is 13.5. The highest BCUT2D eigenvalue weighted by Gasteiger charge is 2.24. The van der Waals surface area contributed by atoms with Crippen LogP contribution in [0.5, 0.6) is 0 Å². The predicted molar refractivity (Wildman–Crippen MR) is 148 cm³/mol. The molecule has 3 rings (SSSR count). The van der Waals surface area contributed by atoms with Crippen LogP contribution in [0.4, 0.5) is 0 Å². The number of nitrogens with one attached hydrogen (secondary N) is 1. The zero-order valence-corrected chi connectivity index (χ0v) is 22.6. The zero-order chi connectivity index (χ0) is 25.8. The maximum absolute atomic E-state index is 13.5. The van der Waals surface area contributed by atoms with E-state index in [0.29, 0.717) is 18.6 Å². The molecule has 1 atom stereocenters. The lowest BCUT2D eigenvalue weighted by atomic mass is 9.85. The lowest BCUT2D eigenvalue weighted by Crippen LogP contribution is -2.42. The molecule has 2 aromatic carbocycles. The Morgan fingerprint density at radius 1 is 0.972 bits per heavy atom. The molecule has 1 N–H and O–H groups in total. The quantitative estimate of drug-likeness (QED) is 0.230. The number of rotatable bonds is 13. The van der Waals surface area contributed by atoms with E-state index in [-0.39, 0.29) is 11.9 Å². The first-order valence-corrected chi connectivity index (χ1v) is 14.2. The molecule has 196 valence electrons. The topological polar surface area (TPSA) is 55.4 Å². The Morgan fingerprint density at radius 2 is 1.75 bits per heavy atom. The summed E-state index contributed by atoms with van der Waals surface area (Å²) < 4.78 is 5.24. The third-order valence-corrected chi connectivity index (χ3v) is 7.54. The van der Waals surface area contributed by atoms with Gasteiger partial charge in [0.15, 0.2) is 0 Å². The minimum Gasteiger partial charge on any atom is -0.464 e. The molecule has 1 fully saturated rings. The summed E-state index contributed by atoms with van der Waals surface area (Å²) in [6, 6.07) is 13.8. The highest BCUT2D eigenvalue weighted by molar-refractivity contribution is 6.02. The van der Waals surface area contributed by atoms with Crippen LogP contribution < -0.4 is 5.32 Å². The second-order valence-corrected chi connectivity index (χ2v) is 10.4. The number of unbranched alkanes of at least 4 members (excludes halogenated alkanes) is 2. The van der Waals surface area contributed by atoms with Crippen LogP contribution in [-0.4, -0.2) is 24.5 Å². The lowest BCUT2D eigenvalue weighted by Gasteiger charge is -2.21. The van der Waals surface area contributed by atoms with Gasteiger partial charge in [-0.15, -0.1) is 0 Å². The summed E-state index contributed by atoms with van der Waals surface area (Å²) in [4.78, 5) is 26.0. The van der Waals surface area contributed by atoms with Gasteiger partial charge in [0.25, 0.3) is 5.91 Å². The standard InChI is InChI=1S/C32H45NO3/c1-4-6-20-30(32(35)36-5-2)33-31(34)28-22-21-26(18-12-11-17-25-15-8-7-9-16-25)23-29(28)27-19-13-10-14-24(27)3/h10,13-14,19,21-23,25,30H,4-9,11-12,15-18,20H2,1-3H3,(H,33,34)/t30-/m0/s1. The molecule has 0 aliphatic heterocycles. The molecule has 1 amide bonds. The van der Waals surface area contributed by atoms with Crippen molar-refractivity contribution in [1.82, 2.24) is 5.32 Å². The van der Waals surface area contributed by atoms with Crippen LogP contribution in [0.3, 0.4) is 0 Å². The molecular weight excluding hydrogens is 446 g/mol. The summed E-state index contributed by atoms with van der Waals surface area (Å²) in [5.74, 6) is 0.352. The number of hydrogen-bond donors (Lipinski definition) is 1. The average molecular weight is 492 g/mol. The number of benzene rings is 2. The van der Waals surface area contributed by atoms with Crippen molar-refractivity contribution in [3.05, 3.63) is 59.2 Å². The first-order chi connectivity index (χ1) is 17.5. The van der Waals surface area contributed by atoms with E-state index in [9.17, 15) is 9.59 Å². The fourth-order valence-electron chi connectivity index (χ4n) is 5.42. The number of aryl methyl sites for hydroxylation is 2. The van der Waals surface area contributed by atoms with Gasteiger partial charge in [0.1, 0.15) is 6.04 Å². The molecule has 0 radical (unpaired) electrons. The van der Waals surface area contributed by atoms with Crippen molar-refractivity contribution >= 4 is 11.9 Å². The third kappa shape index (κ3) is 8.21. The Morgan fingerprint density at radius 3 is 2.47 bits per heavy atom. The van der Waals surface area contributed by atoms with Crippen molar-refractivity contribution in [3.63, 3.8) is 0 Å². The molecule has 0 bridgehead atoms. The molecule has 0 saturated heterocycles. The first kappa shape index (κ1) is 28.0. The molecule has 1 aliphatic carbocycles. The number of carbonyl (C=O) groups excluding carboxylic acids is 2. The van der Waals surface area contributed by atoms with Crippen molar-refractivity contribution in [2.75, 3.05) is 6.61 Å². The van der Waals surface area contributed by atoms with E-state index in [1.54, 1.807) is 6.92 Å². The van der Waals surface area contributed by atoms with Crippen LogP contribution in [0.25, 0.3) is 11.1 Å². The Hall–Kier alpha value is -2.62. The fourth-order valence-corrected chi connectivity index (χ4v) is 5.42. The van der Waals surface area contributed by atoms with Gasteiger partial charge in [-0.2, -0.15) is 0 Å². The van der Waals surface area contributed by atoms with Gasteiger partial charge < -0.3 is 10.1 Å². The summed E-state index contributed by atoms with van der Waals surface area (Å²) in [5, 5.41) is 2.98. The Bertz CT molecular complexity index is 977. The van der Waals surface area contributed by atoms with Gasteiger partial charge in [0.2, 0.25) is 0 Å². The Balaban J connectivity index is 1.76. The minimum atomic E-state index is -0.624. The van der Waals surface area contributed by atoms with Crippen molar-refractivity contribution in [2.24, 2.45) is 5.92 Å². The Kier molecular flexibility index (Phi) is 11.5. The van der Waals surface area contributed by atoms with Gasteiger partial charge >= 0.3 is 5.97 Å². The largest absolute Gasteiger partial charge is 0.464 e. The van der Waals surface area contributed by atoms with Gasteiger partial charge in [-0.05, 0) is 67.3 Å². The average Bonchev–Trinajstić information content (AvgIpc) is 2.90. The molecule has 0 spiro atoms. The number of esters is 1. The highest BCUT2D eigenvalue weighted by atomic mass is 16.5.